The Morgan fingerprint density at radius 3 is 2.05 bits per heavy atom. The van der Waals surface area contributed by atoms with Gasteiger partial charge >= 0.3 is 18.2 Å². The highest BCUT2D eigenvalue weighted by atomic mass is 19.4. The fraction of sp³-hybridized carbons (Fsp3) is 0.727. The summed E-state index contributed by atoms with van der Waals surface area (Å²) in [6, 6.07) is -1.52. The molecule has 0 aromatic rings. The molecule has 0 bridgehead atoms. The van der Waals surface area contributed by atoms with Crippen LogP contribution in [-0.2, 0) is 9.59 Å². The number of nitrogens with one attached hydrogen (secondary N) is 2. The summed E-state index contributed by atoms with van der Waals surface area (Å²) in [5.74, 6) is -2.82. The zero-order valence-electron chi connectivity index (χ0n) is 12.0. The number of carbonyl (C=O) groups excluding carboxylic acids is 2. The van der Waals surface area contributed by atoms with Crippen LogP contribution in [0.5, 0.6) is 0 Å². The smallest absolute Gasteiger partial charge is 0.422 e. The maximum absolute atomic E-state index is 12.7. The maximum Gasteiger partial charge on any atom is 0.422 e. The third-order valence-electron chi connectivity index (χ3n) is 2.53. The van der Waals surface area contributed by atoms with Crippen LogP contribution >= 0.6 is 0 Å². The van der Waals surface area contributed by atoms with Gasteiger partial charge in [-0.1, -0.05) is 0 Å². The van der Waals surface area contributed by atoms with Crippen molar-refractivity contribution in [3.63, 3.8) is 0 Å². The van der Waals surface area contributed by atoms with Gasteiger partial charge in [0.2, 0.25) is 11.4 Å². The summed E-state index contributed by atoms with van der Waals surface area (Å²) in [7, 11) is 1.08. The Kier molecular flexibility index (Phi) is 6.00. The fourth-order valence-corrected chi connectivity index (χ4v) is 1.21. The lowest BCUT2D eigenvalue weighted by Crippen LogP contribution is -2.64. The highest BCUT2D eigenvalue weighted by molar-refractivity contribution is 5.89. The molecule has 0 aromatic heterocycles. The van der Waals surface area contributed by atoms with E-state index in [1.54, 1.807) is 13.8 Å². The van der Waals surface area contributed by atoms with Crippen molar-refractivity contribution in [1.82, 2.24) is 15.5 Å². The van der Waals surface area contributed by atoms with Gasteiger partial charge in [0.1, 0.15) is 6.54 Å². The lowest BCUT2D eigenvalue weighted by molar-refractivity contribution is -0.203. The van der Waals surface area contributed by atoms with Gasteiger partial charge in [-0.05, 0) is 20.8 Å². The topological polar surface area (TPSA) is 98.7 Å². The van der Waals surface area contributed by atoms with Crippen LogP contribution in [0.15, 0.2) is 0 Å². The van der Waals surface area contributed by atoms with E-state index in [9.17, 15) is 27.6 Å². The lowest BCUT2D eigenvalue weighted by Gasteiger charge is -2.30. The Labute approximate surface area is 119 Å². The number of carboxylic acid groups (broad SMARTS) is 1. The van der Waals surface area contributed by atoms with Gasteiger partial charge in [0, 0.05) is 13.1 Å². The molecule has 3 N–H and O–H groups in total. The Bertz CT molecular complexity index is 425. The van der Waals surface area contributed by atoms with Crippen LogP contribution in [0.4, 0.5) is 18.0 Å². The summed E-state index contributed by atoms with van der Waals surface area (Å²) in [6.07, 6.45) is -5.18. The van der Waals surface area contributed by atoms with Crippen LogP contribution in [0, 0.1) is 0 Å². The van der Waals surface area contributed by atoms with E-state index in [0.29, 0.717) is 11.8 Å². The first-order valence-corrected chi connectivity index (χ1v) is 5.94. The number of nitrogens with zero attached hydrogens (tertiary/aromatic N) is 1. The molecule has 0 saturated carbocycles. The predicted octanol–water partition coefficient (Wildman–Crippen LogP) is 0.558. The molecule has 0 aliphatic rings. The molecule has 0 aliphatic carbocycles. The van der Waals surface area contributed by atoms with Crippen molar-refractivity contribution < 1.29 is 32.7 Å². The first-order chi connectivity index (χ1) is 9.31. The van der Waals surface area contributed by atoms with Gasteiger partial charge in [-0.2, -0.15) is 13.2 Å². The Morgan fingerprint density at radius 1 is 1.24 bits per heavy atom. The molecular formula is C11H18F3N3O4. The van der Waals surface area contributed by atoms with Crippen molar-refractivity contribution >= 4 is 17.9 Å². The molecule has 0 aromatic carbocycles. The Hall–Kier alpha value is -2.00. The minimum Gasteiger partial charge on any atom is -0.479 e. The molecule has 0 fully saturated rings. The summed E-state index contributed by atoms with van der Waals surface area (Å²) in [4.78, 5) is 34.4. The first-order valence-electron chi connectivity index (χ1n) is 5.94. The average molecular weight is 313 g/mol. The van der Waals surface area contributed by atoms with Gasteiger partial charge < -0.3 is 20.6 Å². The zero-order chi connectivity index (χ0) is 17.0. The van der Waals surface area contributed by atoms with Crippen LogP contribution in [0.25, 0.3) is 0 Å². The molecule has 0 aliphatic heterocycles. The Morgan fingerprint density at radius 2 is 1.71 bits per heavy atom. The molecule has 0 radical (unpaired) electrons. The van der Waals surface area contributed by atoms with Crippen molar-refractivity contribution in [2.24, 2.45) is 0 Å². The number of likely N-dealkylation sites (N-methyl/N-ethyl adjacent to an activating group) is 1. The van der Waals surface area contributed by atoms with E-state index < -0.39 is 36.2 Å². The van der Waals surface area contributed by atoms with Crippen molar-refractivity contribution in [1.29, 1.82) is 0 Å². The van der Waals surface area contributed by atoms with Crippen molar-refractivity contribution in [3.05, 3.63) is 0 Å². The second-order valence-electron chi connectivity index (χ2n) is 4.94. The minimum absolute atomic E-state index is 0.201. The van der Waals surface area contributed by atoms with Crippen LogP contribution in [0.3, 0.4) is 0 Å². The third-order valence-corrected chi connectivity index (χ3v) is 2.53. The zero-order valence-corrected chi connectivity index (χ0v) is 12.0. The van der Waals surface area contributed by atoms with Gasteiger partial charge in [-0.25, -0.2) is 9.59 Å². The second kappa shape index (κ2) is 6.64. The van der Waals surface area contributed by atoms with Gasteiger partial charge in [0.25, 0.3) is 0 Å². The number of alkyl halides is 3. The number of rotatable bonds is 5. The first kappa shape index (κ1) is 19.0. The quantitative estimate of drug-likeness (QED) is 0.690. The van der Waals surface area contributed by atoms with Crippen molar-refractivity contribution in [3.8, 4) is 0 Å². The number of aliphatic carboxylic acids is 1. The van der Waals surface area contributed by atoms with E-state index in [1.165, 1.54) is 5.32 Å². The number of hydrogen-bond acceptors (Lipinski definition) is 3. The van der Waals surface area contributed by atoms with Crippen LogP contribution in [0.1, 0.15) is 20.8 Å². The van der Waals surface area contributed by atoms with E-state index in [-0.39, 0.29) is 6.04 Å². The third kappa shape index (κ3) is 5.12. The fourth-order valence-electron chi connectivity index (χ4n) is 1.21. The number of carbonyl (C=O) groups is 3. The van der Waals surface area contributed by atoms with E-state index in [2.05, 4.69) is 5.32 Å². The average Bonchev–Trinajstić information content (AvgIpc) is 2.25. The second-order valence-corrected chi connectivity index (χ2v) is 4.94. The molecule has 1 unspecified atom stereocenters. The number of urea groups is 1. The molecule has 1 atom stereocenters. The number of carboxylic acids is 1. The molecule has 0 heterocycles. The van der Waals surface area contributed by atoms with Gasteiger partial charge in [-0.3, -0.25) is 4.79 Å². The molecule has 7 nitrogen and oxygen atoms in total. The van der Waals surface area contributed by atoms with Crippen molar-refractivity contribution in [2.45, 2.75) is 38.5 Å². The highest BCUT2D eigenvalue weighted by Crippen LogP contribution is 2.30. The summed E-state index contributed by atoms with van der Waals surface area (Å²) < 4.78 is 38.2. The van der Waals surface area contributed by atoms with Gasteiger partial charge in [-0.15, -0.1) is 0 Å². The summed E-state index contributed by atoms with van der Waals surface area (Å²) in [6.45, 7) is 3.17. The molecular weight excluding hydrogens is 295 g/mol. The molecule has 0 rings (SSSR count). The van der Waals surface area contributed by atoms with E-state index >= 15 is 0 Å². The number of amides is 3. The SMILES string of the molecule is CC(C)NC(=O)CN(C)C(=O)NC(C)(C(=O)O)C(F)(F)F. The van der Waals surface area contributed by atoms with E-state index in [4.69, 9.17) is 5.11 Å². The minimum atomic E-state index is -5.18. The summed E-state index contributed by atoms with van der Waals surface area (Å²) >= 11 is 0. The van der Waals surface area contributed by atoms with Crippen LogP contribution in [0.2, 0.25) is 0 Å². The maximum atomic E-state index is 12.7. The molecule has 0 saturated heterocycles. The van der Waals surface area contributed by atoms with Crippen molar-refractivity contribution in [2.75, 3.05) is 13.6 Å². The number of halogens is 3. The molecule has 3 amide bonds. The van der Waals surface area contributed by atoms with Gasteiger partial charge in [0.05, 0.1) is 0 Å². The largest absolute Gasteiger partial charge is 0.479 e. The number of hydrogen-bond donors (Lipinski definition) is 3. The Balaban J connectivity index is 4.87. The van der Waals surface area contributed by atoms with Gasteiger partial charge in [0.15, 0.2) is 0 Å². The highest BCUT2D eigenvalue weighted by Gasteiger charge is 2.58. The van der Waals surface area contributed by atoms with Crippen LogP contribution in [-0.4, -0.2) is 59.3 Å². The molecule has 122 valence electrons. The monoisotopic (exact) mass is 313 g/mol. The molecule has 10 heteroatoms. The summed E-state index contributed by atoms with van der Waals surface area (Å²) in [5.41, 5.74) is -3.44. The summed E-state index contributed by atoms with van der Waals surface area (Å²) in [5, 5.41) is 12.5. The van der Waals surface area contributed by atoms with Crippen LogP contribution < -0.4 is 10.6 Å². The standard InChI is InChI=1S/C11H18F3N3O4/c1-6(2)15-7(18)5-17(4)9(21)16-10(3,8(19)20)11(12,13)14/h6H,5H2,1-4H3,(H,15,18)(H,16,21)(H,19,20). The molecule has 0 spiro atoms. The van der Waals surface area contributed by atoms with E-state index in [0.717, 1.165) is 7.05 Å². The lowest BCUT2D eigenvalue weighted by atomic mass is 10.0. The van der Waals surface area contributed by atoms with E-state index in [1.807, 2.05) is 0 Å². The predicted molar refractivity (Wildman–Crippen MR) is 66.5 cm³/mol. The molecule has 21 heavy (non-hydrogen) atoms. The normalized spacial score (nSPS) is 14.3.